The summed E-state index contributed by atoms with van der Waals surface area (Å²) in [6.45, 7) is 6.71. The van der Waals surface area contributed by atoms with Crippen LogP contribution in [0.4, 0.5) is 5.69 Å². The second-order valence-corrected chi connectivity index (χ2v) is 5.63. The lowest BCUT2D eigenvalue weighted by atomic mass is 10.0. The van der Waals surface area contributed by atoms with Gasteiger partial charge in [0.2, 0.25) is 5.91 Å². The molecule has 1 atom stereocenters. The number of carbonyl (C=O) groups is 1. The average Bonchev–Trinajstić information content (AvgIpc) is 2.37. The van der Waals surface area contributed by atoms with Crippen LogP contribution in [0.25, 0.3) is 0 Å². The summed E-state index contributed by atoms with van der Waals surface area (Å²) in [6.07, 6.45) is 1.57. The third-order valence-electron chi connectivity index (χ3n) is 2.72. The minimum atomic E-state index is -0.509. The molecule has 0 aliphatic carbocycles. The Hall–Kier alpha value is -1.26. The van der Waals surface area contributed by atoms with E-state index in [0.717, 1.165) is 6.42 Å². The summed E-state index contributed by atoms with van der Waals surface area (Å²) in [5.41, 5.74) is 6.46. The van der Waals surface area contributed by atoms with Crippen molar-refractivity contribution < 1.29 is 9.53 Å². The zero-order valence-corrected chi connectivity index (χ0v) is 13.0. The maximum absolute atomic E-state index is 11.9. The van der Waals surface area contributed by atoms with Crippen molar-refractivity contribution in [1.82, 2.24) is 0 Å². The van der Waals surface area contributed by atoms with E-state index >= 15 is 0 Å². The standard InChI is InChI=1S/C15H23ClN2O2/c1-4-7-20-14-6-5-11(9-12(14)16)18-15(19)13(17)8-10(2)3/h5-6,9-10,13H,4,7-8,17H2,1-3H3,(H,18,19). The van der Waals surface area contributed by atoms with Crippen LogP contribution in [0.15, 0.2) is 18.2 Å². The Bertz CT molecular complexity index is 449. The van der Waals surface area contributed by atoms with Gasteiger partial charge >= 0.3 is 0 Å². The van der Waals surface area contributed by atoms with Crippen molar-refractivity contribution in [1.29, 1.82) is 0 Å². The lowest BCUT2D eigenvalue weighted by molar-refractivity contribution is -0.117. The lowest BCUT2D eigenvalue weighted by Gasteiger charge is -2.15. The molecule has 0 saturated carbocycles. The number of anilines is 1. The first-order valence-electron chi connectivity index (χ1n) is 6.92. The van der Waals surface area contributed by atoms with Crippen molar-refractivity contribution in [3.63, 3.8) is 0 Å². The minimum absolute atomic E-state index is 0.197. The number of benzene rings is 1. The molecule has 0 saturated heterocycles. The highest BCUT2D eigenvalue weighted by Gasteiger charge is 2.15. The molecule has 0 spiro atoms. The number of halogens is 1. The molecule has 0 bridgehead atoms. The van der Waals surface area contributed by atoms with Gasteiger partial charge < -0.3 is 15.8 Å². The number of rotatable bonds is 7. The molecule has 3 N–H and O–H groups in total. The van der Waals surface area contributed by atoms with Crippen LogP contribution < -0.4 is 15.8 Å². The van der Waals surface area contributed by atoms with Crippen molar-refractivity contribution in [2.45, 2.75) is 39.7 Å². The van der Waals surface area contributed by atoms with E-state index in [1.165, 1.54) is 0 Å². The van der Waals surface area contributed by atoms with Crippen LogP contribution >= 0.6 is 11.6 Å². The van der Waals surface area contributed by atoms with Gasteiger partial charge in [0.25, 0.3) is 0 Å². The number of hydrogen-bond donors (Lipinski definition) is 2. The fourth-order valence-electron chi connectivity index (χ4n) is 1.76. The van der Waals surface area contributed by atoms with Crippen LogP contribution in [0, 0.1) is 5.92 Å². The Kier molecular flexibility index (Phi) is 6.82. The van der Waals surface area contributed by atoms with Gasteiger partial charge in [-0.2, -0.15) is 0 Å². The SMILES string of the molecule is CCCOc1ccc(NC(=O)C(N)CC(C)C)cc1Cl. The summed E-state index contributed by atoms with van der Waals surface area (Å²) in [5.74, 6) is 0.805. The number of hydrogen-bond acceptors (Lipinski definition) is 3. The molecule has 5 heteroatoms. The summed E-state index contributed by atoms with van der Waals surface area (Å²) < 4.78 is 5.48. The number of nitrogens with one attached hydrogen (secondary N) is 1. The third kappa shape index (κ3) is 5.39. The van der Waals surface area contributed by atoms with E-state index in [1.807, 2.05) is 20.8 Å². The fraction of sp³-hybridized carbons (Fsp3) is 0.533. The molecule has 0 radical (unpaired) electrons. The number of carbonyl (C=O) groups excluding carboxylic acids is 1. The maximum atomic E-state index is 11.9. The van der Waals surface area contributed by atoms with Crippen LogP contribution in [0.5, 0.6) is 5.75 Å². The highest BCUT2D eigenvalue weighted by molar-refractivity contribution is 6.32. The molecule has 4 nitrogen and oxygen atoms in total. The molecule has 0 fully saturated rings. The Morgan fingerprint density at radius 3 is 2.70 bits per heavy atom. The van der Waals surface area contributed by atoms with Gasteiger partial charge in [-0.3, -0.25) is 4.79 Å². The maximum Gasteiger partial charge on any atom is 0.241 e. The molecule has 1 amide bonds. The molecule has 1 rings (SSSR count). The number of nitrogens with two attached hydrogens (primary N) is 1. The molecule has 20 heavy (non-hydrogen) atoms. The monoisotopic (exact) mass is 298 g/mol. The van der Waals surface area contributed by atoms with Gasteiger partial charge in [0, 0.05) is 5.69 Å². The van der Waals surface area contributed by atoms with Crippen LogP contribution in [-0.4, -0.2) is 18.6 Å². The average molecular weight is 299 g/mol. The van der Waals surface area contributed by atoms with Gasteiger partial charge in [-0.1, -0.05) is 32.4 Å². The van der Waals surface area contributed by atoms with Crippen molar-refractivity contribution in [3.8, 4) is 5.75 Å². The molecule has 0 aliphatic heterocycles. The molecule has 1 unspecified atom stereocenters. The Morgan fingerprint density at radius 2 is 2.15 bits per heavy atom. The topological polar surface area (TPSA) is 64.3 Å². The van der Waals surface area contributed by atoms with E-state index in [2.05, 4.69) is 5.32 Å². The highest BCUT2D eigenvalue weighted by atomic mass is 35.5. The molecule has 0 heterocycles. The van der Waals surface area contributed by atoms with E-state index in [0.29, 0.717) is 35.4 Å². The van der Waals surface area contributed by atoms with Gasteiger partial charge in [-0.05, 0) is 37.0 Å². The third-order valence-corrected chi connectivity index (χ3v) is 3.02. The van der Waals surface area contributed by atoms with E-state index in [1.54, 1.807) is 18.2 Å². The number of amides is 1. The second-order valence-electron chi connectivity index (χ2n) is 5.22. The smallest absolute Gasteiger partial charge is 0.241 e. The predicted octanol–water partition coefficient (Wildman–Crippen LogP) is 3.44. The first-order valence-corrected chi connectivity index (χ1v) is 7.30. The Balaban J connectivity index is 2.64. The molecular formula is C15H23ClN2O2. The highest BCUT2D eigenvalue weighted by Crippen LogP contribution is 2.27. The quantitative estimate of drug-likeness (QED) is 0.810. The molecule has 0 aromatic heterocycles. The van der Waals surface area contributed by atoms with Crippen LogP contribution in [0.1, 0.15) is 33.6 Å². The zero-order chi connectivity index (χ0) is 15.1. The first kappa shape index (κ1) is 16.8. The Morgan fingerprint density at radius 1 is 1.45 bits per heavy atom. The van der Waals surface area contributed by atoms with Gasteiger partial charge in [-0.15, -0.1) is 0 Å². The number of ether oxygens (including phenoxy) is 1. The van der Waals surface area contributed by atoms with Crippen molar-refractivity contribution in [3.05, 3.63) is 23.2 Å². The van der Waals surface area contributed by atoms with Crippen LogP contribution in [0.2, 0.25) is 5.02 Å². The van der Waals surface area contributed by atoms with E-state index in [-0.39, 0.29) is 5.91 Å². The normalized spacial score (nSPS) is 12.3. The first-order chi connectivity index (χ1) is 9.43. The molecule has 112 valence electrons. The fourth-order valence-corrected chi connectivity index (χ4v) is 1.99. The van der Waals surface area contributed by atoms with E-state index < -0.39 is 6.04 Å². The second kappa shape index (κ2) is 8.12. The molecular weight excluding hydrogens is 276 g/mol. The summed E-state index contributed by atoms with van der Waals surface area (Å²) in [5, 5.41) is 3.25. The van der Waals surface area contributed by atoms with E-state index in [4.69, 9.17) is 22.1 Å². The van der Waals surface area contributed by atoms with Gasteiger partial charge in [-0.25, -0.2) is 0 Å². The Labute approximate surface area is 125 Å². The van der Waals surface area contributed by atoms with Crippen LogP contribution in [-0.2, 0) is 4.79 Å². The zero-order valence-electron chi connectivity index (χ0n) is 12.3. The summed E-state index contributed by atoms with van der Waals surface area (Å²) in [6, 6.07) is 4.68. The van der Waals surface area contributed by atoms with Gasteiger partial charge in [0.15, 0.2) is 0 Å². The molecule has 1 aromatic carbocycles. The van der Waals surface area contributed by atoms with Gasteiger partial charge in [0.1, 0.15) is 5.75 Å². The largest absolute Gasteiger partial charge is 0.492 e. The predicted molar refractivity (Wildman–Crippen MR) is 83.3 cm³/mol. The van der Waals surface area contributed by atoms with Crippen molar-refractivity contribution >= 4 is 23.2 Å². The summed E-state index contributed by atoms with van der Waals surface area (Å²) in [4.78, 5) is 11.9. The van der Waals surface area contributed by atoms with Gasteiger partial charge in [0.05, 0.1) is 17.7 Å². The molecule has 1 aromatic rings. The van der Waals surface area contributed by atoms with E-state index in [9.17, 15) is 4.79 Å². The minimum Gasteiger partial charge on any atom is -0.492 e. The van der Waals surface area contributed by atoms with Crippen molar-refractivity contribution in [2.75, 3.05) is 11.9 Å². The lowest BCUT2D eigenvalue weighted by Crippen LogP contribution is -2.36. The summed E-state index contributed by atoms with van der Waals surface area (Å²) >= 11 is 6.10. The van der Waals surface area contributed by atoms with Crippen LogP contribution in [0.3, 0.4) is 0 Å². The summed E-state index contributed by atoms with van der Waals surface area (Å²) in [7, 11) is 0. The molecule has 0 aliphatic rings. The van der Waals surface area contributed by atoms with Crippen molar-refractivity contribution in [2.24, 2.45) is 11.7 Å².